The van der Waals surface area contributed by atoms with Crippen LogP contribution in [0.5, 0.6) is 0 Å². The zero-order valence-corrected chi connectivity index (χ0v) is 14.1. The summed E-state index contributed by atoms with van der Waals surface area (Å²) in [4.78, 5) is 0. The average molecular weight is 366 g/mol. The summed E-state index contributed by atoms with van der Waals surface area (Å²) in [5.41, 5.74) is -1.23. The first kappa shape index (κ1) is 19.2. The third-order valence-corrected chi connectivity index (χ3v) is 5.29. The van der Waals surface area contributed by atoms with Crippen molar-refractivity contribution < 1.29 is 26.3 Å². The van der Waals surface area contributed by atoms with Crippen molar-refractivity contribution in [3.05, 3.63) is 35.4 Å². The minimum absolute atomic E-state index is 0.0949. The van der Waals surface area contributed by atoms with Crippen molar-refractivity contribution in [2.24, 2.45) is 0 Å². The monoisotopic (exact) mass is 366 g/mol. The van der Waals surface area contributed by atoms with E-state index in [0.29, 0.717) is 6.61 Å². The van der Waals surface area contributed by atoms with Crippen LogP contribution in [0.2, 0.25) is 0 Å². The minimum atomic E-state index is -4.50. The van der Waals surface area contributed by atoms with E-state index in [9.17, 15) is 21.6 Å². The van der Waals surface area contributed by atoms with E-state index in [1.165, 1.54) is 12.1 Å². The number of rotatable bonds is 7. The Kier molecular flexibility index (Phi) is 5.90. The van der Waals surface area contributed by atoms with Gasteiger partial charge in [0.05, 0.1) is 23.5 Å². The lowest BCUT2D eigenvalue weighted by Crippen LogP contribution is -2.53. The Balaban J connectivity index is 2.03. The molecule has 0 bridgehead atoms. The second-order valence-electron chi connectivity index (χ2n) is 6.02. The smallest absolute Gasteiger partial charge is 0.383 e. The molecule has 1 heterocycles. The van der Waals surface area contributed by atoms with Crippen molar-refractivity contribution in [3.63, 3.8) is 0 Å². The Morgan fingerprint density at radius 2 is 2.12 bits per heavy atom. The predicted molar refractivity (Wildman–Crippen MR) is 83.9 cm³/mol. The number of sulfonamides is 1. The Hall–Kier alpha value is -1.16. The normalized spacial score (nSPS) is 22.0. The van der Waals surface area contributed by atoms with Gasteiger partial charge in [-0.25, -0.2) is 13.1 Å². The highest BCUT2D eigenvalue weighted by molar-refractivity contribution is 7.88. The van der Waals surface area contributed by atoms with Gasteiger partial charge in [-0.3, -0.25) is 0 Å². The molecular weight excluding hydrogens is 345 g/mol. The molecule has 136 valence electrons. The van der Waals surface area contributed by atoms with Gasteiger partial charge in [0, 0.05) is 13.7 Å². The number of ether oxygens (including phenoxy) is 1. The van der Waals surface area contributed by atoms with Gasteiger partial charge < -0.3 is 10.1 Å². The fourth-order valence-electron chi connectivity index (χ4n) is 2.83. The van der Waals surface area contributed by atoms with Crippen molar-refractivity contribution in [2.45, 2.75) is 30.3 Å². The van der Waals surface area contributed by atoms with Gasteiger partial charge in [-0.2, -0.15) is 13.2 Å². The van der Waals surface area contributed by atoms with E-state index in [-0.39, 0.29) is 12.1 Å². The predicted octanol–water partition coefficient (Wildman–Crippen LogP) is 1.89. The van der Waals surface area contributed by atoms with Crippen LogP contribution >= 0.6 is 0 Å². The maximum absolute atomic E-state index is 12.7. The van der Waals surface area contributed by atoms with Gasteiger partial charge in [-0.05, 0) is 31.0 Å². The second-order valence-corrected chi connectivity index (χ2v) is 7.83. The summed E-state index contributed by atoms with van der Waals surface area (Å²) in [7, 11) is -2.21. The van der Waals surface area contributed by atoms with Gasteiger partial charge in [-0.15, -0.1) is 0 Å². The molecule has 1 unspecified atom stereocenters. The first-order chi connectivity index (χ1) is 11.2. The third kappa shape index (κ3) is 5.17. The first-order valence-electron chi connectivity index (χ1n) is 7.53. The lowest BCUT2D eigenvalue weighted by atomic mass is 9.99. The van der Waals surface area contributed by atoms with E-state index >= 15 is 0 Å². The highest BCUT2D eigenvalue weighted by Gasteiger charge is 2.35. The number of methoxy groups -OCH3 is 1. The number of halogens is 3. The van der Waals surface area contributed by atoms with Crippen molar-refractivity contribution in [2.75, 3.05) is 26.8 Å². The Morgan fingerprint density at radius 1 is 1.38 bits per heavy atom. The van der Waals surface area contributed by atoms with Crippen LogP contribution in [-0.2, 0) is 26.7 Å². The van der Waals surface area contributed by atoms with Gasteiger partial charge in [0.1, 0.15) is 0 Å². The van der Waals surface area contributed by atoms with Gasteiger partial charge in [-0.1, -0.05) is 18.2 Å². The van der Waals surface area contributed by atoms with Crippen LogP contribution in [0.15, 0.2) is 24.3 Å². The summed E-state index contributed by atoms with van der Waals surface area (Å²) >= 11 is 0. The molecule has 9 heteroatoms. The highest BCUT2D eigenvalue weighted by Crippen LogP contribution is 2.29. The number of nitrogens with one attached hydrogen (secondary N) is 2. The van der Waals surface area contributed by atoms with Gasteiger partial charge in [0.25, 0.3) is 0 Å². The van der Waals surface area contributed by atoms with E-state index in [2.05, 4.69) is 10.0 Å². The molecule has 5 nitrogen and oxygen atoms in total. The maximum atomic E-state index is 12.7. The minimum Gasteiger partial charge on any atom is -0.383 e. The van der Waals surface area contributed by atoms with E-state index in [0.717, 1.165) is 31.5 Å². The van der Waals surface area contributed by atoms with Crippen LogP contribution in [0.25, 0.3) is 0 Å². The van der Waals surface area contributed by atoms with Gasteiger partial charge in [0.15, 0.2) is 0 Å². The standard InChI is InChI=1S/C15H21F3N2O3S/c1-23-11-14(6-3-7-19-14)10-20-24(21,22)9-12-4-2-5-13(8-12)15(16,17)18/h2,4-5,8,19-20H,3,6-7,9-11H2,1H3. The van der Waals surface area contributed by atoms with Crippen molar-refractivity contribution in [1.82, 2.24) is 10.0 Å². The molecule has 0 spiro atoms. The fraction of sp³-hybridized carbons (Fsp3) is 0.600. The number of alkyl halides is 3. The largest absolute Gasteiger partial charge is 0.416 e. The molecule has 2 N–H and O–H groups in total. The molecular formula is C15H21F3N2O3S. The average Bonchev–Trinajstić information content (AvgIpc) is 2.94. The molecule has 1 aliphatic heterocycles. The maximum Gasteiger partial charge on any atom is 0.416 e. The molecule has 1 saturated heterocycles. The number of hydrogen-bond acceptors (Lipinski definition) is 4. The first-order valence-corrected chi connectivity index (χ1v) is 9.18. The highest BCUT2D eigenvalue weighted by atomic mass is 32.2. The van der Waals surface area contributed by atoms with Crippen LogP contribution in [0.4, 0.5) is 13.2 Å². The molecule has 0 aliphatic carbocycles. The molecule has 1 aromatic rings. The van der Waals surface area contributed by atoms with E-state index in [4.69, 9.17) is 4.74 Å². The van der Waals surface area contributed by atoms with Crippen molar-refractivity contribution in [1.29, 1.82) is 0 Å². The van der Waals surface area contributed by atoms with Gasteiger partial charge >= 0.3 is 6.18 Å². The zero-order chi connectivity index (χ0) is 17.8. The molecule has 1 aromatic carbocycles. The van der Waals surface area contributed by atoms with Crippen LogP contribution in [-0.4, -0.2) is 40.8 Å². The summed E-state index contributed by atoms with van der Waals surface area (Å²) in [5.74, 6) is -0.500. The molecule has 1 aliphatic rings. The Labute approximate surface area is 139 Å². The van der Waals surface area contributed by atoms with E-state index in [1.54, 1.807) is 7.11 Å². The van der Waals surface area contributed by atoms with E-state index < -0.39 is 33.1 Å². The summed E-state index contributed by atoms with van der Waals surface area (Å²) in [5, 5.41) is 3.24. The van der Waals surface area contributed by atoms with Crippen molar-refractivity contribution >= 4 is 10.0 Å². The molecule has 0 aromatic heterocycles. The zero-order valence-electron chi connectivity index (χ0n) is 13.3. The summed E-state index contributed by atoms with van der Waals surface area (Å²) in [6.45, 7) is 1.28. The van der Waals surface area contributed by atoms with Crippen LogP contribution in [0.1, 0.15) is 24.0 Å². The Morgan fingerprint density at radius 3 is 2.71 bits per heavy atom. The fourth-order valence-corrected chi connectivity index (χ4v) is 4.04. The quantitative estimate of drug-likeness (QED) is 0.773. The molecule has 0 radical (unpaired) electrons. The summed E-state index contributed by atoms with van der Waals surface area (Å²) in [6.07, 6.45) is -2.81. The summed E-state index contributed by atoms with van der Waals surface area (Å²) in [6, 6.07) is 4.35. The lowest BCUT2D eigenvalue weighted by Gasteiger charge is -2.28. The lowest BCUT2D eigenvalue weighted by molar-refractivity contribution is -0.137. The molecule has 0 amide bonds. The third-order valence-electron chi connectivity index (χ3n) is 3.99. The second kappa shape index (κ2) is 7.38. The SMILES string of the molecule is COCC1(CNS(=O)(=O)Cc2cccc(C(F)(F)F)c2)CCCN1. The van der Waals surface area contributed by atoms with Crippen LogP contribution in [0, 0.1) is 0 Å². The van der Waals surface area contributed by atoms with E-state index in [1.807, 2.05) is 0 Å². The molecule has 0 saturated carbocycles. The van der Waals surface area contributed by atoms with Crippen LogP contribution < -0.4 is 10.0 Å². The molecule has 1 atom stereocenters. The topological polar surface area (TPSA) is 67.4 Å². The van der Waals surface area contributed by atoms with Crippen molar-refractivity contribution in [3.8, 4) is 0 Å². The molecule has 24 heavy (non-hydrogen) atoms. The van der Waals surface area contributed by atoms with Gasteiger partial charge in [0.2, 0.25) is 10.0 Å². The number of hydrogen-bond donors (Lipinski definition) is 2. The number of benzene rings is 1. The molecule has 1 fully saturated rings. The Bertz CT molecular complexity index is 656. The molecule has 2 rings (SSSR count). The summed E-state index contributed by atoms with van der Waals surface area (Å²) < 4.78 is 70.1. The van der Waals surface area contributed by atoms with Crippen LogP contribution in [0.3, 0.4) is 0 Å².